The highest BCUT2D eigenvalue weighted by Gasteiger charge is 2.53. The Bertz CT molecular complexity index is 980. The molecule has 1 aliphatic rings. The molecule has 3 nitrogen and oxygen atoms in total. The van der Waals surface area contributed by atoms with Gasteiger partial charge in [0.2, 0.25) is 5.91 Å². The van der Waals surface area contributed by atoms with Gasteiger partial charge < -0.3 is 9.64 Å². The van der Waals surface area contributed by atoms with Crippen molar-refractivity contribution in [2.24, 2.45) is 0 Å². The number of hydrogen-bond acceptors (Lipinski definition) is 3. The average Bonchev–Trinajstić information content (AvgIpc) is 3.09. The summed E-state index contributed by atoms with van der Waals surface area (Å²) in [6.07, 6.45) is 3.28. The molecule has 0 bridgehead atoms. The molecule has 32 heavy (non-hydrogen) atoms. The Labute approximate surface area is 195 Å². The lowest BCUT2D eigenvalue weighted by Crippen LogP contribution is -2.49. The van der Waals surface area contributed by atoms with Crippen LogP contribution in [0.15, 0.2) is 95.9 Å². The first-order valence-electron chi connectivity index (χ1n) is 11.5. The van der Waals surface area contributed by atoms with E-state index >= 15 is 0 Å². The third-order valence-corrected chi connectivity index (χ3v) is 7.57. The Morgan fingerprint density at radius 3 is 2.12 bits per heavy atom. The van der Waals surface area contributed by atoms with Gasteiger partial charge in [-0.25, -0.2) is 0 Å². The summed E-state index contributed by atoms with van der Waals surface area (Å²) in [5.74, 6) is 0.173. The van der Waals surface area contributed by atoms with E-state index < -0.39 is 4.87 Å². The van der Waals surface area contributed by atoms with Crippen LogP contribution < -0.4 is 0 Å². The van der Waals surface area contributed by atoms with E-state index in [-0.39, 0.29) is 12.0 Å². The molecule has 0 aromatic heterocycles. The monoisotopic (exact) mass is 445 g/mol. The summed E-state index contributed by atoms with van der Waals surface area (Å²) < 4.78 is 6.53. The van der Waals surface area contributed by atoms with Crippen molar-refractivity contribution < 1.29 is 9.53 Å². The van der Waals surface area contributed by atoms with E-state index in [0.717, 1.165) is 30.4 Å². The van der Waals surface area contributed by atoms with Crippen LogP contribution in [0.2, 0.25) is 0 Å². The van der Waals surface area contributed by atoms with Gasteiger partial charge in [-0.15, -0.1) is 0 Å². The van der Waals surface area contributed by atoms with Crippen LogP contribution in [-0.4, -0.2) is 21.8 Å². The SMILES string of the molecule is CCCCC1(Sc2ccccc2)C(OCc2ccccc2)CC(=O)N1Cc1ccccc1. The number of likely N-dealkylation sites (tertiary alicyclic amines) is 1. The van der Waals surface area contributed by atoms with Crippen molar-refractivity contribution in [1.29, 1.82) is 0 Å². The first-order valence-corrected chi connectivity index (χ1v) is 12.3. The molecular formula is C28H31NO2S. The average molecular weight is 446 g/mol. The van der Waals surface area contributed by atoms with Crippen LogP contribution >= 0.6 is 11.8 Å². The minimum atomic E-state index is -0.431. The fraction of sp³-hybridized carbons (Fsp3) is 0.321. The van der Waals surface area contributed by atoms with Gasteiger partial charge in [-0.1, -0.05) is 110 Å². The van der Waals surface area contributed by atoms with E-state index in [1.165, 1.54) is 4.90 Å². The predicted octanol–water partition coefficient (Wildman–Crippen LogP) is 6.68. The molecule has 0 N–H and O–H groups in total. The van der Waals surface area contributed by atoms with E-state index in [9.17, 15) is 4.79 Å². The molecular weight excluding hydrogens is 414 g/mol. The number of benzene rings is 3. The van der Waals surface area contributed by atoms with Gasteiger partial charge in [-0.2, -0.15) is 0 Å². The fourth-order valence-corrected chi connectivity index (χ4v) is 5.86. The van der Waals surface area contributed by atoms with E-state index in [0.29, 0.717) is 19.6 Å². The largest absolute Gasteiger partial charge is 0.370 e. The summed E-state index contributed by atoms with van der Waals surface area (Å²) in [5.41, 5.74) is 2.29. The van der Waals surface area contributed by atoms with Gasteiger partial charge in [0, 0.05) is 11.4 Å². The van der Waals surface area contributed by atoms with E-state index in [2.05, 4.69) is 60.4 Å². The van der Waals surface area contributed by atoms with Crippen molar-refractivity contribution >= 4 is 17.7 Å². The molecule has 0 spiro atoms. The molecule has 3 aromatic rings. The van der Waals surface area contributed by atoms with Crippen molar-refractivity contribution in [1.82, 2.24) is 4.90 Å². The summed E-state index contributed by atoms with van der Waals surface area (Å²) in [7, 11) is 0. The Morgan fingerprint density at radius 1 is 0.906 bits per heavy atom. The van der Waals surface area contributed by atoms with E-state index in [1.807, 2.05) is 42.5 Å². The highest BCUT2D eigenvalue weighted by molar-refractivity contribution is 8.00. The molecule has 1 saturated heterocycles. The molecule has 0 radical (unpaired) electrons. The molecule has 166 valence electrons. The lowest BCUT2D eigenvalue weighted by atomic mass is 10.0. The fourth-order valence-electron chi connectivity index (χ4n) is 4.35. The Balaban J connectivity index is 1.68. The number of amides is 1. The second-order valence-corrected chi connectivity index (χ2v) is 9.70. The van der Waals surface area contributed by atoms with Crippen LogP contribution in [0.3, 0.4) is 0 Å². The standard InChI is InChI=1S/C28H31NO2S/c1-2-3-19-28(32-25-17-11-6-12-18-25)26(31-22-24-15-9-5-10-16-24)20-27(30)29(28)21-23-13-7-4-8-14-23/h4-18,26H,2-3,19-22H2,1H3. The minimum absolute atomic E-state index is 0.171. The molecule has 4 rings (SSSR count). The third-order valence-electron chi connectivity index (χ3n) is 6.02. The van der Waals surface area contributed by atoms with E-state index in [1.54, 1.807) is 11.8 Å². The van der Waals surface area contributed by atoms with Gasteiger partial charge in [0.15, 0.2) is 0 Å². The highest BCUT2D eigenvalue weighted by Crippen LogP contribution is 2.49. The molecule has 0 aliphatic carbocycles. The number of carbonyl (C=O) groups is 1. The summed E-state index contributed by atoms with van der Waals surface area (Å²) in [5, 5.41) is 0. The van der Waals surface area contributed by atoms with Crippen molar-refractivity contribution in [2.75, 3.05) is 0 Å². The zero-order valence-electron chi connectivity index (χ0n) is 18.7. The summed E-state index contributed by atoms with van der Waals surface area (Å²) >= 11 is 1.79. The van der Waals surface area contributed by atoms with Gasteiger partial charge in [-0.05, 0) is 29.7 Å². The number of unbranched alkanes of at least 4 members (excludes halogenated alkanes) is 1. The topological polar surface area (TPSA) is 29.5 Å². The second kappa shape index (κ2) is 10.8. The number of ether oxygens (including phenoxy) is 1. The summed E-state index contributed by atoms with van der Waals surface area (Å²) in [6, 6.07) is 31.0. The van der Waals surface area contributed by atoms with Gasteiger partial charge in [0.1, 0.15) is 4.87 Å². The molecule has 4 heteroatoms. The lowest BCUT2D eigenvalue weighted by Gasteiger charge is -2.42. The first-order chi connectivity index (χ1) is 15.7. The van der Waals surface area contributed by atoms with Crippen LogP contribution in [0.5, 0.6) is 0 Å². The van der Waals surface area contributed by atoms with Crippen molar-refractivity contribution in [3.8, 4) is 0 Å². The summed E-state index contributed by atoms with van der Waals surface area (Å²) in [6.45, 7) is 3.33. The van der Waals surface area contributed by atoms with Crippen LogP contribution in [0.25, 0.3) is 0 Å². The number of thioether (sulfide) groups is 1. The Morgan fingerprint density at radius 2 is 1.50 bits per heavy atom. The smallest absolute Gasteiger partial charge is 0.226 e. The molecule has 1 aliphatic heterocycles. The lowest BCUT2D eigenvalue weighted by molar-refractivity contribution is -0.130. The normalized spacial score (nSPS) is 20.6. The predicted molar refractivity (Wildman–Crippen MR) is 131 cm³/mol. The van der Waals surface area contributed by atoms with Gasteiger partial charge in [-0.3, -0.25) is 4.79 Å². The van der Waals surface area contributed by atoms with Gasteiger partial charge >= 0.3 is 0 Å². The zero-order valence-corrected chi connectivity index (χ0v) is 19.5. The third kappa shape index (κ3) is 5.25. The second-order valence-electron chi connectivity index (χ2n) is 8.32. The van der Waals surface area contributed by atoms with Crippen LogP contribution in [0, 0.1) is 0 Å². The van der Waals surface area contributed by atoms with Crippen molar-refractivity contribution in [3.63, 3.8) is 0 Å². The van der Waals surface area contributed by atoms with E-state index in [4.69, 9.17) is 4.74 Å². The van der Waals surface area contributed by atoms with Crippen molar-refractivity contribution in [2.45, 2.75) is 61.6 Å². The zero-order chi connectivity index (χ0) is 22.2. The number of carbonyl (C=O) groups excluding carboxylic acids is 1. The van der Waals surface area contributed by atoms with Crippen LogP contribution in [0.4, 0.5) is 0 Å². The quantitative estimate of drug-likeness (QED) is 0.348. The van der Waals surface area contributed by atoms with Gasteiger partial charge in [0.05, 0.1) is 19.1 Å². The maximum absolute atomic E-state index is 13.4. The van der Waals surface area contributed by atoms with Gasteiger partial charge in [0.25, 0.3) is 0 Å². The minimum Gasteiger partial charge on any atom is -0.370 e. The molecule has 0 saturated carbocycles. The number of hydrogen-bond donors (Lipinski definition) is 0. The molecule has 1 amide bonds. The number of nitrogens with zero attached hydrogens (tertiary/aromatic N) is 1. The first kappa shape index (κ1) is 22.6. The highest BCUT2D eigenvalue weighted by atomic mass is 32.2. The molecule has 1 heterocycles. The summed E-state index contributed by atoms with van der Waals surface area (Å²) in [4.78, 5) is 16.2. The number of rotatable bonds is 10. The Hall–Kier alpha value is -2.56. The molecule has 3 aromatic carbocycles. The van der Waals surface area contributed by atoms with Crippen molar-refractivity contribution in [3.05, 3.63) is 102 Å². The molecule has 2 atom stereocenters. The maximum atomic E-state index is 13.4. The van der Waals surface area contributed by atoms with Crippen LogP contribution in [-0.2, 0) is 22.7 Å². The van der Waals surface area contributed by atoms with Crippen LogP contribution in [0.1, 0.15) is 43.7 Å². The Kier molecular flexibility index (Phi) is 7.67. The maximum Gasteiger partial charge on any atom is 0.226 e. The molecule has 2 unspecified atom stereocenters. The molecule has 1 fully saturated rings.